The van der Waals surface area contributed by atoms with Crippen LogP contribution in [-0.4, -0.2) is 6.03 Å². The van der Waals surface area contributed by atoms with Crippen LogP contribution in [-0.2, 0) is 0 Å². The van der Waals surface area contributed by atoms with Crippen LogP contribution < -0.4 is 10.6 Å². The number of halogens is 2. The molecule has 2 N–H and O–H groups in total. The van der Waals surface area contributed by atoms with E-state index in [0.717, 1.165) is 15.4 Å². The maximum Gasteiger partial charge on any atom is 0.324 e. The maximum absolute atomic E-state index is 12.0. The summed E-state index contributed by atoms with van der Waals surface area (Å²) in [4.78, 5) is 13.0. The molecule has 0 saturated carbocycles. The van der Waals surface area contributed by atoms with Crippen molar-refractivity contribution < 1.29 is 4.79 Å². The lowest BCUT2D eigenvalue weighted by Gasteiger charge is -2.05. The molecule has 23 heavy (non-hydrogen) atoms. The predicted octanol–water partition coefficient (Wildman–Crippen LogP) is 6.37. The van der Waals surface area contributed by atoms with Crippen LogP contribution in [0.15, 0.2) is 60.7 Å². The number of amides is 2. The quantitative estimate of drug-likeness (QED) is 0.558. The molecule has 0 unspecified atom stereocenters. The van der Waals surface area contributed by atoms with E-state index in [1.54, 1.807) is 24.3 Å². The van der Waals surface area contributed by atoms with Gasteiger partial charge >= 0.3 is 6.03 Å². The second-order valence-electron chi connectivity index (χ2n) is 4.76. The van der Waals surface area contributed by atoms with Gasteiger partial charge in [0.15, 0.2) is 0 Å². The molecule has 0 radical (unpaired) electrons. The molecule has 0 aliphatic heterocycles. The molecule has 116 valence electrons. The first-order valence-corrected chi connectivity index (χ1v) is 8.37. The molecule has 0 aliphatic carbocycles. The number of benzene rings is 2. The van der Waals surface area contributed by atoms with Gasteiger partial charge in [0, 0.05) is 20.6 Å². The smallest absolute Gasteiger partial charge is 0.308 e. The predicted molar refractivity (Wildman–Crippen MR) is 98.9 cm³/mol. The van der Waals surface area contributed by atoms with Gasteiger partial charge < -0.3 is 5.32 Å². The van der Waals surface area contributed by atoms with Crippen molar-refractivity contribution in [3.63, 3.8) is 0 Å². The zero-order valence-corrected chi connectivity index (χ0v) is 14.2. The second kappa shape index (κ2) is 7.04. The third-order valence-corrected chi connectivity index (χ3v) is 4.63. The Balaban J connectivity index is 1.65. The molecule has 1 aromatic heterocycles. The van der Waals surface area contributed by atoms with Gasteiger partial charge in [-0.2, -0.15) is 0 Å². The molecule has 6 heteroatoms. The van der Waals surface area contributed by atoms with E-state index in [2.05, 4.69) is 10.6 Å². The van der Waals surface area contributed by atoms with Crippen LogP contribution in [0.25, 0.3) is 10.4 Å². The number of carbonyl (C=O) groups is 1. The molecule has 1 heterocycles. The fourth-order valence-corrected chi connectivity index (χ4v) is 3.14. The molecule has 2 aromatic carbocycles. The normalized spacial score (nSPS) is 10.3. The van der Waals surface area contributed by atoms with Crippen LogP contribution in [0.1, 0.15) is 0 Å². The Hall–Kier alpha value is -2.01. The molecule has 3 aromatic rings. The Bertz CT molecular complexity index is 813. The van der Waals surface area contributed by atoms with Crippen molar-refractivity contribution in [3.8, 4) is 10.4 Å². The molecule has 2 amide bonds. The lowest BCUT2D eigenvalue weighted by molar-refractivity contribution is 0.262. The first kappa shape index (κ1) is 15.9. The van der Waals surface area contributed by atoms with E-state index in [0.29, 0.717) is 15.7 Å². The summed E-state index contributed by atoms with van der Waals surface area (Å²) in [5.74, 6) is 0. The summed E-state index contributed by atoms with van der Waals surface area (Å²) in [6, 6.07) is 18.1. The van der Waals surface area contributed by atoms with Crippen molar-refractivity contribution in [2.75, 3.05) is 10.6 Å². The number of carbonyl (C=O) groups excluding carboxylic acids is 1. The van der Waals surface area contributed by atoms with Crippen molar-refractivity contribution in [2.45, 2.75) is 0 Å². The van der Waals surface area contributed by atoms with E-state index in [1.165, 1.54) is 11.3 Å². The minimum Gasteiger partial charge on any atom is -0.308 e. The van der Waals surface area contributed by atoms with E-state index in [4.69, 9.17) is 23.2 Å². The fraction of sp³-hybridized carbons (Fsp3) is 0. The van der Waals surface area contributed by atoms with Gasteiger partial charge in [0.1, 0.15) is 0 Å². The summed E-state index contributed by atoms with van der Waals surface area (Å²) in [6.45, 7) is 0. The third-order valence-electron chi connectivity index (χ3n) is 3.07. The molecular formula is C17H12Cl2N2OS. The fourth-order valence-electron chi connectivity index (χ4n) is 1.98. The highest BCUT2D eigenvalue weighted by Gasteiger charge is 2.07. The van der Waals surface area contributed by atoms with Crippen LogP contribution >= 0.6 is 34.5 Å². The van der Waals surface area contributed by atoms with Crippen molar-refractivity contribution in [1.82, 2.24) is 0 Å². The SMILES string of the molecule is O=C(Nc1ccc(Cl)cc1)Nc1ccc(-c2ccc(Cl)cc2)s1. The summed E-state index contributed by atoms with van der Waals surface area (Å²) in [6.07, 6.45) is 0. The number of rotatable bonds is 3. The van der Waals surface area contributed by atoms with Crippen LogP contribution in [0.4, 0.5) is 15.5 Å². The van der Waals surface area contributed by atoms with E-state index in [9.17, 15) is 4.79 Å². The summed E-state index contributed by atoms with van der Waals surface area (Å²) in [7, 11) is 0. The van der Waals surface area contributed by atoms with Crippen LogP contribution in [0.3, 0.4) is 0 Å². The number of anilines is 2. The highest BCUT2D eigenvalue weighted by atomic mass is 35.5. The number of hydrogen-bond acceptors (Lipinski definition) is 2. The Morgan fingerprint density at radius 1 is 0.783 bits per heavy atom. The van der Waals surface area contributed by atoms with E-state index in [1.807, 2.05) is 36.4 Å². The third kappa shape index (κ3) is 4.26. The Morgan fingerprint density at radius 3 is 2.04 bits per heavy atom. The lowest BCUT2D eigenvalue weighted by atomic mass is 10.2. The molecule has 0 bridgehead atoms. The molecule has 3 nitrogen and oxygen atoms in total. The summed E-state index contributed by atoms with van der Waals surface area (Å²) >= 11 is 13.2. The largest absolute Gasteiger partial charge is 0.324 e. The lowest BCUT2D eigenvalue weighted by Crippen LogP contribution is -2.18. The maximum atomic E-state index is 12.0. The highest BCUT2D eigenvalue weighted by Crippen LogP contribution is 2.32. The zero-order valence-electron chi connectivity index (χ0n) is 11.8. The second-order valence-corrected chi connectivity index (χ2v) is 6.71. The molecule has 0 fully saturated rings. The van der Waals surface area contributed by atoms with Crippen LogP contribution in [0, 0.1) is 0 Å². The van der Waals surface area contributed by atoms with E-state index >= 15 is 0 Å². The van der Waals surface area contributed by atoms with Gasteiger partial charge in [0.25, 0.3) is 0 Å². The summed E-state index contributed by atoms with van der Waals surface area (Å²) < 4.78 is 0. The average Bonchev–Trinajstić information content (AvgIpc) is 2.98. The molecule has 3 rings (SSSR count). The van der Waals surface area contributed by atoms with Crippen molar-refractivity contribution in [1.29, 1.82) is 0 Å². The van der Waals surface area contributed by atoms with Crippen molar-refractivity contribution >= 4 is 51.3 Å². The standard InChI is InChI=1S/C17H12Cl2N2OS/c18-12-3-1-11(2-4-12)15-9-10-16(23-15)21-17(22)20-14-7-5-13(19)6-8-14/h1-10H,(H2,20,21,22). The number of hydrogen-bond donors (Lipinski definition) is 2. The van der Waals surface area contributed by atoms with Gasteiger partial charge in [-0.25, -0.2) is 4.79 Å². The molecular weight excluding hydrogens is 351 g/mol. The Labute approximate surface area is 147 Å². The van der Waals surface area contributed by atoms with Crippen LogP contribution in [0.5, 0.6) is 0 Å². The minimum absolute atomic E-state index is 0.295. The summed E-state index contributed by atoms with van der Waals surface area (Å²) in [5, 5.41) is 7.66. The van der Waals surface area contributed by atoms with E-state index in [-0.39, 0.29) is 6.03 Å². The van der Waals surface area contributed by atoms with Crippen molar-refractivity contribution in [3.05, 3.63) is 70.7 Å². The number of thiophene rings is 1. The molecule has 0 saturated heterocycles. The highest BCUT2D eigenvalue weighted by molar-refractivity contribution is 7.19. The zero-order chi connectivity index (χ0) is 16.2. The van der Waals surface area contributed by atoms with Crippen LogP contribution in [0.2, 0.25) is 10.0 Å². The molecule has 0 aliphatic rings. The first-order valence-electron chi connectivity index (χ1n) is 6.79. The average molecular weight is 363 g/mol. The van der Waals surface area contributed by atoms with E-state index < -0.39 is 0 Å². The first-order chi connectivity index (χ1) is 11.1. The number of nitrogens with one attached hydrogen (secondary N) is 2. The van der Waals surface area contributed by atoms with Gasteiger partial charge in [-0.1, -0.05) is 35.3 Å². The topological polar surface area (TPSA) is 41.1 Å². The number of urea groups is 1. The van der Waals surface area contributed by atoms with Gasteiger partial charge in [-0.15, -0.1) is 11.3 Å². The van der Waals surface area contributed by atoms with Crippen molar-refractivity contribution in [2.24, 2.45) is 0 Å². The monoisotopic (exact) mass is 362 g/mol. The Morgan fingerprint density at radius 2 is 1.39 bits per heavy atom. The van der Waals surface area contributed by atoms with Gasteiger partial charge in [-0.05, 0) is 54.1 Å². The Kier molecular flexibility index (Phi) is 4.86. The molecule has 0 spiro atoms. The summed E-state index contributed by atoms with van der Waals surface area (Å²) in [5.41, 5.74) is 1.74. The van der Waals surface area contributed by atoms with Gasteiger partial charge in [-0.3, -0.25) is 5.32 Å². The minimum atomic E-state index is -0.295. The van der Waals surface area contributed by atoms with Gasteiger partial charge in [0.05, 0.1) is 5.00 Å². The van der Waals surface area contributed by atoms with Gasteiger partial charge in [0.2, 0.25) is 0 Å². The molecule has 0 atom stereocenters.